The molecule has 2 aromatic carbocycles. The predicted octanol–water partition coefficient (Wildman–Crippen LogP) is 2.47. The van der Waals surface area contributed by atoms with Crippen molar-refractivity contribution in [3.05, 3.63) is 59.1 Å². The van der Waals surface area contributed by atoms with Crippen molar-refractivity contribution in [2.75, 3.05) is 46.0 Å². The zero-order chi connectivity index (χ0) is 24.4. The van der Waals surface area contributed by atoms with Crippen LogP contribution in [0.25, 0.3) is 0 Å². The fourth-order valence-electron chi connectivity index (χ4n) is 3.68. The lowest BCUT2D eigenvalue weighted by Crippen LogP contribution is -2.48. The molecule has 0 spiro atoms. The van der Waals surface area contributed by atoms with Gasteiger partial charge in [0.25, 0.3) is 0 Å². The van der Waals surface area contributed by atoms with E-state index in [4.69, 9.17) is 21.1 Å². The minimum absolute atomic E-state index is 0.0286. The van der Waals surface area contributed by atoms with Crippen LogP contribution in [-0.2, 0) is 26.0 Å². The molecular weight excluding hydrogens is 478 g/mol. The van der Waals surface area contributed by atoms with E-state index in [1.165, 1.54) is 18.2 Å². The second kappa shape index (κ2) is 13.1. The van der Waals surface area contributed by atoms with Crippen molar-refractivity contribution in [2.24, 2.45) is 0 Å². The molecule has 0 aromatic heterocycles. The molecule has 1 amide bonds. The molecule has 0 aliphatic carbocycles. The van der Waals surface area contributed by atoms with Crippen LogP contribution in [0, 0.1) is 0 Å². The smallest absolute Gasteiger partial charge is 0.241 e. The summed E-state index contributed by atoms with van der Waals surface area (Å²) in [6.45, 7) is 6.75. The Morgan fingerprint density at radius 1 is 1.18 bits per heavy atom. The Balaban J connectivity index is 1.66. The van der Waals surface area contributed by atoms with Gasteiger partial charge < -0.3 is 14.8 Å². The summed E-state index contributed by atoms with van der Waals surface area (Å²) >= 11 is 6.18. The van der Waals surface area contributed by atoms with Crippen molar-refractivity contribution >= 4 is 27.5 Å². The molecule has 1 fully saturated rings. The number of morpholine rings is 1. The average Bonchev–Trinajstić information content (AvgIpc) is 2.84. The highest BCUT2D eigenvalue weighted by atomic mass is 35.5. The van der Waals surface area contributed by atoms with Crippen LogP contribution in [0.1, 0.15) is 18.9 Å². The first kappa shape index (κ1) is 26.4. The number of amides is 1. The molecule has 1 aliphatic rings. The highest BCUT2D eigenvalue weighted by Crippen LogP contribution is 2.27. The van der Waals surface area contributed by atoms with Crippen molar-refractivity contribution in [3.63, 3.8) is 0 Å². The summed E-state index contributed by atoms with van der Waals surface area (Å²) in [6, 6.07) is 12.6. The molecule has 0 saturated carbocycles. The minimum atomic E-state index is -4.00. The highest BCUT2D eigenvalue weighted by Gasteiger charge is 2.26. The van der Waals surface area contributed by atoms with Gasteiger partial charge in [-0.1, -0.05) is 41.9 Å². The van der Waals surface area contributed by atoms with Gasteiger partial charge in [0, 0.05) is 19.6 Å². The maximum absolute atomic E-state index is 13.1. The monoisotopic (exact) mass is 509 g/mol. The first-order chi connectivity index (χ1) is 16.4. The van der Waals surface area contributed by atoms with Crippen LogP contribution in [0.4, 0.5) is 0 Å². The Labute approximate surface area is 206 Å². The van der Waals surface area contributed by atoms with Crippen LogP contribution in [0.15, 0.2) is 53.4 Å². The molecule has 0 bridgehead atoms. The van der Waals surface area contributed by atoms with E-state index in [-0.39, 0.29) is 22.2 Å². The van der Waals surface area contributed by atoms with Gasteiger partial charge in [-0.25, -0.2) is 8.42 Å². The Kier molecular flexibility index (Phi) is 10.2. The zero-order valence-corrected chi connectivity index (χ0v) is 20.9. The standard InChI is InChI=1S/C24H32ClN3O5S/c1-2-33-23-10-9-20(18-21(23)25)34(30,31)27-22(17-19-7-4-3-5-8-19)24(29)26-11-6-12-28-13-15-32-16-14-28/h3-5,7-10,18,22,27H,2,6,11-17H2,1H3,(H,26,29)/t22-/m1/s1. The third-order valence-electron chi connectivity index (χ3n) is 5.46. The third-order valence-corrected chi connectivity index (χ3v) is 7.23. The Morgan fingerprint density at radius 3 is 2.59 bits per heavy atom. The summed E-state index contributed by atoms with van der Waals surface area (Å²) in [5.41, 5.74) is 0.850. The molecule has 2 aromatic rings. The molecule has 1 atom stereocenters. The van der Waals surface area contributed by atoms with E-state index in [1.807, 2.05) is 37.3 Å². The van der Waals surface area contributed by atoms with Crippen LogP contribution in [0.5, 0.6) is 5.75 Å². The summed E-state index contributed by atoms with van der Waals surface area (Å²) in [5, 5.41) is 3.08. The van der Waals surface area contributed by atoms with Crippen molar-refractivity contribution < 1.29 is 22.7 Å². The fraction of sp³-hybridized carbons (Fsp3) is 0.458. The van der Waals surface area contributed by atoms with E-state index in [0.717, 1.165) is 44.8 Å². The second-order valence-corrected chi connectivity index (χ2v) is 10.1. The lowest BCUT2D eigenvalue weighted by Gasteiger charge is -2.26. The Bertz CT molecular complexity index is 1030. The number of hydrogen-bond acceptors (Lipinski definition) is 6. The third kappa shape index (κ3) is 7.95. The minimum Gasteiger partial charge on any atom is -0.492 e. The van der Waals surface area contributed by atoms with Gasteiger partial charge in [-0.2, -0.15) is 4.72 Å². The summed E-state index contributed by atoms with van der Waals surface area (Å²) in [6.07, 6.45) is 0.991. The molecule has 186 valence electrons. The van der Waals surface area contributed by atoms with Crippen LogP contribution in [-0.4, -0.2) is 71.3 Å². The van der Waals surface area contributed by atoms with Gasteiger partial charge in [0.1, 0.15) is 11.8 Å². The molecule has 1 heterocycles. The number of carbonyl (C=O) groups is 1. The molecule has 1 saturated heterocycles. The molecule has 0 radical (unpaired) electrons. The largest absolute Gasteiger partial charge is 0.492 e. The summed E-state index contributed by atoms with van der Waals surface area (Å²) in [4.78, 5) is 15.3. The van der Waals surface area contributed by atoms with Gasteiger partial charge in [-0.05, 0) is 50.1 Å². The first-order valence-corrected chi connectivity index (χ1v) is 13.3. The first-order valence-electron chi connectivity index (χ1n) is 11.5. The van der Waals surface area contributed by atoms with Crippen molar-refractivity contribution in [3.8, 4) is 5.75 Å². The van der Waals surface area contributed by atoms with E-state index >= 15 is 0 Å². The molecule has 0 unspecified atom stereocenters. The van der Waals surface area contributed by atoms with Crippen molar-refractivity contribution in [2.45, 2.75) is 30.7 Å². The molecule has 1 aliphatic heterocycles. The highest BCUT2D eigenvalue weighted by molar-refractivity contribution is 7.89. The number of nitrogens with zero attached hydrogens (tertiary/aromatic N) is 1. The van der Waals surface area contributed by atoms with E-state index in [9.17, 15) is 13.2 Å². The van der Waals surface area contributed by atoms with Gasteiger partial charge in [0.15, 0.2) is 0 Å². The zero-order valence-electron chi connectivity index (χ0n) is 19.3. The number of rotatable bonds is 12. The van der Waals surface area contributed by atoms with E-state index < -0.39 is 16.1 Å². The molecular formula is C24H32ClN3O5S. The van der Waals surface area contributed by atoms with E-state index in [0.29, 0.717) is 18.9 Å². The lowest BCUT2D eigenvalue weighted by molar-refractivity contribution is -0.122. The van der Waals surface area contributed by atoms with Crippen molar-refractivity contribution in [1.29, 1.82) is 0 Å². The number of carbonyl (C=O) groups excluding carboxylic acids is 1. The normalized spacial score (nSPS) is 15.6. The number of sulfonamides is 1. The van der Waals surface area contributed by atoms with Crippen LogP contribution < -0.4 is 14.8 Å². The van der Waals surface area contributed by atoms with Gasteiger partial charge in [0.05, 0.1) is 29.7 Å². The van der Waals surface area contributed by atoms with Gasteiger partial charge in [-0.3, -0.25) is 9.69 Å². The number of hydrogen-bond donors (Lipinski definition) is 2. The quantitative estimate of drug-likeness (QED) is 0.427. The number of benzene rings is 2. The molecule has 8 nitrogen and oxygen atoms in total. The SMILES string of the molecule is CCOc1ccc(S(=O)(=O)N[C@H](Cc2ccccc2)C(=O)NCCCN2CCOCC2)cc1Cl. The maximum Gasteiger partial charge on any atom is 0.241 e. The second-order valence-electron chi connectivity index (χ2n) is 7.99. The lowest BCUT2D eigenvalue weighted by atomic mass is 10.1. The molecule has 34 heavy (non-hydrogen) atoms. The summed E-state index contributed by atoms with van der Waals surface area (Å²) in [7, 11) is -4.00. The van der Waals surface area contributed by atoms with E-state index in [2.05, 4.69) is 14.9 Å². The summed E-state index contributed by atoms with van der Waals surface area (Å²) in [5.74, 6) is 0.0356. The van der Waals surface area contributed by atoms with Crippen LogP contribution in [0.2, 0.25) is 5.02 Å². The topological polar surface area (TPSA) is 97.0 Å². The van der Waals surface area contributed by atoms with Gasteiger partial charge >= 0.3 is 0 Å². The average molecular weight is 510 g/mol. The number of nitrogens with one attached hydrogen (secondary N) is 2. The maximum atomic E-state index is 13.1. The Hall–Kier alpha value is -2.17. The van der Waals surface area contributed by atoms with Crippen LogP contribution >= 0.6 is 11.6 Å². The predicted molar refractivity (Wildman–Crippen MR) is 132 cm³/mol. The van der Waals surface area contributed by atoms with Gasteiger partial charge in [-0.15, -0.1) is 0 Å². The molecule has 2 N–H and O–H groups in total. The summed E-state index contributed by atoms with van der Waals surface area (Å²) < 4.78 is 39.5. The molecule has 3 rings (SSSR count). The van der Waals surface area contributed by atoms with Crippen LogP contribution in [0.3, 0.4) is 0 Å². The van der Waals surface area contributed by atoms with Gasteiger partial charge in [0.2, 0.25) is 15.9 Å². The number of ether oxygens (including phenoxy) is 2. The molecule has 10 heteroatoms. The Morgan fingerprint density at radius 2 is 1.91 bits per heavy atom. The number of halogens is 1. The fourth-order valence-corrected chi connectivity index (χ4v) is 5.20. The van der Waals surface area contributed by atoms with Crippen molar-refractivity contribution in [1.82, 2.24) is 14.9 Å². The van der Waals surface area contributed by atoms with E-state index in [1.54, 1.807) is 0 Å².